The summed E-state index contributed by atoms with van der Waals surface area (Å²) in [5, 5.41) is 12.3. The number of rotatable bonds is 11. The van der Waals surface area contributed by atoms with Gasteiger partial charge in [0.2, 0.25) is 116 Å². The quantitative estimate of drug-likeness (QED) is 0.0559. The van der Waals surface area contributed by atoms with Gasteiger partial charge in [0.15, 0.2) is 49.5 Å². The van der Waals surface area contributed by atoms with Crippen molar-refractivity contribution in [2.24, 2.45) is 0 Å². The average Bonchev–Trinajstić information content (AvgIpc) is 3.63. The van der Waals surface area contributed by atoms with Crippen molar-refractivity contribution in [3.05, 3.63) is 218 Å². The SMILES string of the molecule is CC(C)(C)c1ccc([S+](c2ccccc2)c2ccc(C(C)(C)C)cc2)cc1.O=C([O-])c1cc(Oc2c(F)c(F)c(F)c(F)c2F)c(Oc2c(F)c(F)c(F)c(F)c2F)c(Oc2c(F)c(F)c(F)c(F)c2F)c1-c1c(F)c(F)c(F)c(F)c1F. The van der Waals surface area contributed by atoms with Crippen molar-refractivity contribution in [2.75, 3.05) is 0 Å². The van der Waals surface area contributed by atoms with Crippen molar-refractivity contribution >= 4 is 16.9 Å². The molecule has 0 radical (unpaired) electrons. The Bertz CT molecular complexity index is 3710. The monoisotopic (exact) mass is 1210 g/mol. The van der Waals surface area contributed by atoms with Crippen LogP contribution in [0.25, 0.3) is 11.1 Å². The minimum Gasteiger partial charge on any atom is -0.545 e. The third kappa shape index (κ3) is 11.7. The second kappa shape index (κ2) is 23.4. The molecule has 0 saturated carbocycles. The molecule has 0 aromatic heterocycles. The molecule has 0 amide bonds. The molecule has 0 saturated heterocycles. The second-order valence-corrected chi connectivity index (χ2v) is 21.4. The number of carbonyl (C=O) groups is 1. The second-order valence-electron chi connectivity index (χ2n) is 19.4. The third-order valence-electron chi connectivity index (χ3n) is 11.9. The van der Waals surface area contributed by atoms with Gasteiger partial charge in [-0.1, -0.05) is 84.0 Å². The summed E-state index contributed by atoms with van der Waals surface area (Å²) in [4.78, 5) is 16.4. The molecule has 0 aliphatic rings. The summed E-state index contributed by atoms with van der Waals surface area (Å²) in [6.07, 6.45) is 0. The van der Waals surface area contributed by atoms with Gasteiger partial charge in [0.1, 0.15) is 0 Å². The van der Waals surface area contributed by atoms with Gasteiger partial charge in [0, 0.05) is 11.1 Å². The standard InChI is InChI=1S/C31H2F20O5.C26H31S/c32-6-5(7(33)9(35)10(36)8(6)34)4-2(31(52)53)1-3(54-28-20(46)14(40)11(37)15(41)21(28)47)26(55-29-22(48)16(42)12(38)17(43)23(29)49)27(4)56-30-24(50)18(44)13(39)19(45)25(30)51;1-25(2,3)20-12-16-23(17-13-20)27(22-10-8-7-9-11-22)24-18-14-21(15-19-24)26(4,5)6/h1H,(H,52,53);7-19H,1-6H3/q;+1/p-1. The molecule has 0 aliphatic carbocycles. The van der Waals surface area contributed by atoms with E-state index in [9.17, 15) is 88.9 Å². The molecule has 436 valence electrons. The van der Waals surface area contributed by atoms with Gasteiger partial charge in [-0.3, -0.25) is 0 Å². The highest BCUT2D eigenvalue weighted by Gasteiger charge is 2.39. The fraction of sp³-hybridized carbons (Fsp3) is 0.140. The van der Waals surface area contributed by atoms with Crippen molar-refractivity contribution < 1.29 is 112 Å². The van der Waals surface area contributed by atoms with Crippen LogP contribution in [-0.4, -0.2) is 5.97 Å². The Morgan fingerprint density at radius 1 is 0.337 bits per heavy atom. The summed E-state index contributed by atoms with van der Waals surface area (Å²) in [5.41, 5.74) is -4.58. The molecule has 83 heavy (non-hydrogen) atoms. The highest BCUT2D eigenvalue weighted by atomic mass is 32.2. The summed E-state index contributed by atoms with van der Waals surface area (Å²) in [6, 6.07) is 28.6. The zero-order valence-corrected chi connectivity index (χ0v) is 43.4. The number of aromatic carboxylic acids is 1. The lowest BCUT2D eigenvalue weighted by atomic mass is 9.87. The van der Waals surface area contributed by atoms with Gasteiger partial charge in [-0.2, -0.15) is 26.3 Å². The van der Waals surface area contributed by atoms with E-state index >= 15 is 8.78 Å². The molecule has 0 fully saturated rings. The Morgan fingerprint density at radius 3 is 0.928 bits per heavy atom. The maximum absolute atomic E-state index is 15.2. The lowest BCUT2D eigenvalue weighted by molar-refractivity contribution is -0.255. The van der Waals surface area contributed by atoms with Crippen LogP contribution in [0.3, 0.4) is 0 Å². The Labute approximate surface area is 458 Å². The van der Waals surface area contributed by atoms with E-state index in [1.165, 1.54) is 25.8 Å². The van der Waals surface area contributed by atoms with Crippen molar-refractivity contribution in [3.8, 4) is 45.6 Å². The minimum atomic E-state index is -3.17. The topological polar surface area (TPSA) is 67.8 Å². The zero-order chi connectivity index (χ0) is 61.8. The van der Waals surface area contributed by atoms with E-state index < -0.39 is 180 Å². The van der Waals surface area contributed by atoms with Gasteiger partial charge in [-0.25, -0.2) is 61.5 Å². The van der Waals surface area contributed by atoms with Gasteiger partial charge in [0.25, 0.3) is 0 Å². The lowest BCUT2D eigenvalue weighted by Gasteiger charge is -2.24. The van der Waals surface area contributed by atoms with Gasteiger partial charge in [-0.05, 0) is 64.4 Å². The minimum absolute atomic E-state index is 0.0847. The van der Waals surface area contributed by atoms with Crippen molar-refractivity contribution in [3.63, 3.8) is 0 Å². The molecule has 0 unspecified atom stereocenters. The van der Waals surface area contributed by atoms with E-state index in [-0.39, 0.29) is 21.7 Å². The molecule has 26 heteroatoms. The molecular formula is C57H32F20O5S. The van der Waals surface area contributed by atoms with Crippen LogP contribution in [0.4, 0.5) is 87.8 Å². The smallest absolute Gasteiger partial charge is 0.213 e. The number of halogens is 20. The molecule has 8 aromatic rings. The number of hydrogen-bond acceptors (Lipinski definition) is 5. The van der Waals surface area contributed by atoms with E-state index in [1.807, 2.05) is 0 Å². The van der Waals surface area contributed by atoms with E-state index in [0.717, 1.165) is 0 Å². The molecule has 0 bridgehead atoms. The summed E-state index contributed by atoms with van der Waals surface area (Å²) in [6.45, 7) is 13.6. The van der Waals surface area contributed by atoms with E-state index in [1.54, 1.807) is 0 Å². The first-order valence-corrected chi connectivity index (χ1v) is 24.4. The molecule has 0 atom stereocenters. The third-order valence-corrected chi connectivity index (χ3v) is 14.1. The zero-order valence-electron chi connectivity index (χ0n) is 42.6. The molecular weight excluding hydrogens is 1180 g/mol. The van der Waals surface area contributed by atoms with Crippen molar-refractivity contribution in [2.45, 2.75) is 67.1 Å². The molecule has 5 nitrogen and oxygen atoms in total. The molecule has 8 aromatic carbocycles. The van der Waals surface area contributed by atoms with Gasteiger partial charge in [-0.15, -0.1) is 0 Å². The van der Waals surface area contributed by atoms with Crippen LogP contribution in [0.1, 0.15) is 63.0 Å². The largest absolute Gasteiger partial charge is 0.545 e. The molecule has 8 rings (SSSR count). The summed E-state index contributed by atoms with van der Waals surface area (Å²) in [7, 11) is -0.0847. The van der Waals surface area contributed by atoms with Crippen molar-refractivity contribution in [1.29, 1.82) is 0 Å². The van der Waals surface area contributed by atoms with Crippen molar-refractivity contribution in [1.82, 2.24) is 0 Å². The van der Waals surface area contributed by atoms with Crippen LogP contribution in [0, 0.1) is 116 Å². The van der Waals surface area contributed by atoms with E-state index in [0.29, 0.717) is 0 Å². The number of benzene rings is 8. The van der Waals surface area contributed by atoms with E-state index in [2.05, 4.69) is 135 Å². The van der Waals surface area contributed by atoms with E-state index in [4.69, 9.17) is 0 Å². The predicted molar refractivity (Wildman–Crippen MR) is 254 cm³/mol. The molecule has 0 heterocycles. The Hall–Kier alpha value is -8.42. The first-order chi connectivity index (χ1) is 38.6. The molecule has 0 N–H and O–H groups in total. The Morgan fingerprint density at radius 2 is 0.614 bits per heavy atom. The number of carboxylic acid groups (broad SMARTS) is 1. The number of carboxylic acids is 1. The van der Waals surface area contributed by atoms with Crippen LogP contribution in [0.2, 0.25) is 0 Å². The normalized spacial score (nSPS) is 11.7. The van der Waals surface area contributed by atoms with Gasteiger partial charge < -0.3 is 24.1 Å². The number of hydrogen-bond donors (Lipinski definition) is 0. The summed E-state index contributed by atoms with van der Waals surface area (Å²) in [5.74, 6) is -81.2. The average molecular weight is 1210 g/mol. The van der Waals surface area contributed by atoms with Crippen LogP contribution < -0.4 is 19.3 Å². The van der Waals surface area contributed by atoms with Crippen LogP contribution in [0.15, 0.2) is 99.6 Å². The first-order valence-electron chi connectivity index (χ1n) is 23.2. The summed E-state index contributed by atoms with van der Waals surface area (Å²) >= 11 is 0. The maximum atomic E-state index is 15.2. The fourth-order valence-corrected chi connectivity index (χ4v) is 9.67. The summed E-state index contributed by atoms with van der Waals surface area (Å²) < 4.78 is 302. The van der Waals surface area contributed by atoms with Crippen LogP contribution >= 0.6 is 0 Å². The van der Waals surface area contributed by atoms with Gasteiger partial charge in [0.05, 0.1) is 22.4 Å². The highest BCUT2D eigenvalue weighted by molar-refractivity contribution is 7.97. The molecule has 0 spiro atoms. The first kappa shape index (κ1) is 62.2. The lowest BCUT2D eigenvalue weighted by Crippen LogP contribution is -2.24. The fourth-order valence-electron chi connectivity index (χ4n) is 7.60. The number of carbonyl (C=O) groups excluding carboxylic acids is 1. The van der Waals surface area contributed by atoms with Crippen LogP contribution in [-0.2, 0) is 21.7 Å². The Kier molecular flexibility index (Phi) is 17.6. The predicted octanol–water partition coefficient (Wildman–Crippen LogP) is 17.3. The molecule has 0 aliphatic heterocycles. The Balaban J connectivity index is 0.000000305. The number of ether oxygens (including phenoxy) is 3. The van der Waals surface area contributed by atoms with Gasteiger partial charge >= 0.3 is 0 Å². The van der Waals surface area contributed by atoms with Crippen LogP contribution in [0.5, 0.6) is 34.5 Å². The maximum Gasteiger partial charge on any atom is 0.213 e. The highest BCUT2D eigenvalue weighted by Crippen LogP contribution is 2.55.